The maximum Gasteiger partial charge on any atom is 0.167 e. The van der Waals surface area contributed by atoms with Gasteiger partial charge in [-0.2, -0.15) is 0 Å². The number of hydrogen-bond acceptors (Lipinski definition) is 1. The molecule has 0 radical (unpaired) electrons. The zero-order valence-electron chi connectivity index (χ0n) is 10.2. The Labute approximate surface area is 124 Å². The van der Waals surface area contributed by atoms with Gasteiger partial charge in [-0.25, -0.2) is 4.39 Å². The summed E-state index contributed by atoms with van der Waals surface area (Å²) in [5, 5.41) is 0.406. The quantitative estimate of drug-likeness (QED) is 0.720. The van der Waals surface area contributed by atoms with Gasteiger partial charge in [0.15, 0.2) is 5.78 Å². The number of carbonyl (C=O) groups is 1. The molecule has 98 valence electrons. The fourth-order valence-corrected chi connectivity index (χ4v) is 2.20. The molecule has 0 unspecified atom stereocenters. The molecule has 0 aliphatic heterocycles. The van der Waals surface area contributed by atoms with Gasteiger partial charge in [-0.1, -0.05) is 33.6 Å². The second-order valence-corrected chi connectivity index (χ2v) is 5.56. The Balaban J connectivity index is 2.25. The first-order valence-corrected chi connectivity index (χ1v) is 6.88. The van der Waals surface area contributed by atoms with Gasteiger partial charge in [0.1, 0.15) is 5.82 Å². The van der Waals surface area contributed by atoms with Crippen molar-refractivity contribution in [3.05, 3.63) is 68.4 Å². The Kier molecular flexibility index (Phi) is 4.38. The summed E-state index contributed by atoms with van der Waals surface area (Å²) in [7, 11) is 0. The Bertz CT molecular complexity index is 640. The van der Waals surface area contributed by atoms with E-state index in [0.29, 0.717) is 16.1 Å². The molecule has 0 aromatic heterocycles. The smallest absolute Gasteiger partial charge is 0.167 e. The summed E-state index contributed by atoms with van der Waals surface area (Å²) in [6, 6.07) is 9.42. The molecule has 2 rings (SSSR count). The average molecular weight is 342 g/mol. The van der Waals surface area contributed by atoms with Crippen molar-refractivity contribution in [2.75, 3.05) is 0 Å². The highest BCUT2D eigenvalue weighted by Crippen LogP contribution is 2.21. The number of rotatable bonds is 3. The number of Topliss-reactive ketones (excluding diaryl/α,β-unsaturated/α-hetero) is 1. The third-order valence-corrected chi connectivity index (χ3v) is 4.10. The Morgan fingerprint density at radius 3 is 2.68 bits per heavy atom. The van der Waals surface area contributed by atoms with Gasteiger partial charge < -0.3 is 0 Å². The molecule has 0 bridgehead atoms. The maximum atomic E-state index is 13.1. The molecule has 2 aromatic rings. The molecule has 0 spiro atoms. The van der Waals surface area contributed by atoms with E-state index in [1.54, 1.807) is 12.1 Å². The summed E-state index contributed by atoms with van der Waals surface area (Å²) in [6.07, 6.45) is 0.0949. The van der Waals surface area contributed by atoms with E-state index in [-0.39, 0.29) is 18.0 Å². The normalized spacial score (nSPS) is 10.5. The topological polar surface area (TPSA) is 17.1 Å². The second kappa shape index (κ2) is 5.85. The standard InChI is InChI=1S/C15H11BrClFO/c1-9-6-10(2-4-13(9)16)15(19)8-11-7-12(18)3-5-14(11)17/h2-7H,8H2,1H3. The van der Waals surface area contributed by atoms with E-state index in [1.165, 1.54) is 18.2 Å². The molecule has 19 heavy (non-hydrogen) atoms. The SMILES string of the molecule is Cc1cc(C(=O)Cc2cc(F)ccc2Cl)ccc1Br. The summed E-state index contributed by atoms with van der Waals surface area (Å²) in [5.41, 5.74) is 2.09. The number of hydrogen-bond donors (Lipinski definition) is 0. The zero-order valence-corrected chi connectivity index (χ0v) is 12.6. The minimum Gasteiger partial charge on any atom is -0.294 e. The molecule has 0 heterocycles. The van der Waals surface area contributed by atoms with E-state index < -0.39 is 0 Å². The molecule has 1 nitrogen and oxygen atoms in total. The van der Waals surface area contributed by atoms with Crippen LogP contribution in [0.2, 0.25) is 5.02 Å². The van der Waals surface area contributed by atoms with E-state index in [9.17, 15) is 9.18 Å². The maximum absolute atomic E-state index is 13.1. The van der Waals surface area contributed by atoms with E-state index in [2.05, 4.69) is 15.9 Å². The molecular formula is C15H11BrClFO. The van der Waals surface area contributed by atoms with Crippen LogP contribution >= 0.6 is 27.5 Å². The predicted octanol–water partition coefficient (Wildman–Crippen LogP) is 4.98. The lowest BCUT2D eigenvalue weighted by molar-refractivity contribution is 0.0993. The molecular weight excluding hydrogens is 331 g/mol. The van der Waals surface area contributed by atoms with Gasteiger partial charge >= 0.3 is 0 Å². The monoisotopic (exact) mass is 340 g/mol. The van der Waals surface area contributed by atoms with Crippen molar-refractivity contribution in [3.63, 3.8) is 0 Å². The van der Waals surface area contributed by atoms with E-state index in [0.717, 1.165) is 10.0 Å². The van der Waals surface area contributed by atoms with E-state index >= 15 is 0 Å². The molecule has 0 saturated heterocycles. The third kappa shape index (κ3) is 3.43. The summed E-state index contributed by atoms with van der Waals surface area (Å²) >= 11 is 9.34. The summed E-state index contributed by atoms with van der Waals surface area (Å²) in [6.45, 7) is 1.91. The van der Waals surface area contributed by atoms with Crippen molar-refractivity contribution in [2.24, 2.45) is 0 Å². The number of benzene rings is 2. The van der Waals surface area contributed by atoms with Crippen molar-refractivity contribution in [3.8, 4) is 0 Å². The lowest BCUT2D eigenvalue weighted by Gasteiger charge is -2.06. The highest BCUT2D eigenvalue weighted by molar-refractivity contribution is 9.10. The molecule has 2 aromatic carbocycles. The summed E-state index contributed by atoms with van der Waals surface area (Å²) < 4.78 is 14.1. The highest BCUT2D eigenvalue weighted by atomic mass is 79.9. The van der Waals surface area contributed by atoms with Crippen LogP contribution in [-0.4, -0.2) is 5.78 Å². The zero-order chi connectivity index (χ0) is 14.0. The van der Waals surface area contributed by atoms with Crippen LogP contribution in [0.5, 0.6) is 0 Å². The van der Waals surface area contributed by atoms with E-state index in [1.807, 2.05) is 13.0 Å². The van der Waals surface area contributed by atoms with Gasteiger partial charge in [0, 0.05) is 21.5 Å². The van der Waals surface area contributed by atoms with Crippen LogP contribution in [0.1, 0.15) is 21.5 Å². The van der Waals surface area contributed by atoms with Crippen molar-refractivity contribution in [2.45, 2.75) is 13.3 Å². The first kappa shape index (κ1) is 14.2. The molecule has 4 heteroatoms. The first-order valence-electron chi connectivity index (χ1n) is 5.70. The fourth-order valence-electron chi connectivity index (χ4n) is 1.77. The minimum absolute atomic E-state index is 0.0805. The van der Waals surface area contributed by atoms with E-state index in [4.69, 9.17) is 11.6 Å². The molecule has 0 N–H and O–H groups in total. The minimum atomic E-state index is -0.390. The Morgan fingerprint density at radius 2 is 2.00 bits per heavy atom. The van der Waals surface area contributed by atoms with Crippen LogP contribution in [0.25, 0.3) is 0 Å². The first-order chi connectivity index (χ1) is 8.97. The lowest BCUT2D eigenvalue weighted by atomic mass is 10.0. The molecule has 0 atom stereocenters. The van der Waals surface area contributed by atoms with Crippen molar-refractivity contribution in [1.82, 2.24) is 0 Å². The molecule has 0 fully saturated rings. The molecule has 0 aliphatic carbocycles. The van der Waals surface area contributed by atoms with Crippen LogP contribution in [0.4, 0.5) is 4.39 Å². The van der Waals surface area contributed by atoms with Gasteiger partial charge in [0.05, 0.1) is 0 Å². The number of carbonyl (C=O) groups excluding carboxylic acids is 1. The van der Waals surface area contributed by atoms with Gasteiger partial charge in [0.25, 0.3) is 0 Å². The number of halogens is 3. The van der Waals surface area contributed by atoms with Gasteiger partial charge in [-0.15, -0.1) is 0 Å². The highest BCUT2D eigenvalue weighted by Gasteiger charge is 2.11. The molecule has 0 amide bonds. The van der Waals surface area contributed by atoms with Gasteiger partial charge in [0.2, 0.25) is 0 Å². The fraction of sp³-hybridized carbons (Fsp3) is 0.133. The Morgan fingerprint density at radius 1 is 1.26 bits per heavy atom. The summed E-state index contributed by atoms with van der Waals surface area (Å²) in [4.78, 5) is 12.1. The van der Waals surface area contributed by atoms with Gasteiger partial charge in [-0.05, 0) is 48.4 Å². The number of aryl methyl sites for hydroxylation is 1. The molecule has 0 aliphatic rings. The summed E-state index contributed by atoms with van der Waals surface area (Å²) in [5.74, 6) is -0.470. The van der Waals surface area contributed by atoms with Crippen LogP contribution in [0, 0.1) is 12.7 Å². The van der Waals surface area contributed by atoms with Crippen LogP contribution in [-0.2, 0) is 6.42 Å². The van der Waals surface area contributed by atoms with Crippen LogP contribution in [0.15, 0.2) is 40.9 Å². The second-order valence-electron chi connectivity index (χ2n) is 4.30. The van der Waals surface area contributed by atoms with Crippen molar-refractivity contribution >= 4 is 33.3 Å². The average Bonchev–Trinajstić information content (AvgIpc) is 2.37. The third-order valence-electron chi connectivity index (χ3n) is 2.84. The largest absolute Gasteiger partial charge is 0.294 e. The Hall–Kier alpha value is -1.19. The van der Waals surface area contributed by atoms with Gasteiger partial charge in [-0.3, -0.25) is 4.79 Å². The predicted molar refractivity (Wildman–Crippen MR) is 78.3 cm³/mol. The molecule has 0 saturated carbocycles. The van der Waals surface area contributed by atoms with Crippen molar-refractivity contribution in [1.29, 1.82) is 0 Å². The number of ketones is 1. The van der Waals surface area contributed by atoms with Crippen LogP contribution < -0.4 is 0 Å². The van der Waals surface area contributed by atoms with Crippen molar-refractivity contribution < 1.29 is 9.18 Å². The van der Waals surface area contributed by atoms with Crippen LogP contribution in [0.3, 0.4) is 0 Å². The lowest BCUT2D eigenvalue weighted by Crippen LogP contribution is -2.04.